The average Bonchev–Trinajstić information content (AvgIpc) is 3.35. The second-order valence-electron chi connectivity index (χ2n) is 11.3. The van der Waals surface area contributed by atoms with Gasteiger partial charge in [-0.1, -0.05) is 60.7 Å². The molecule has 2 saturated heterocycles. The summed E-state index contributed by atoms with van der Waals surface area (Å²) in [5.41, 5.74) is -0.663. The van der Waals surface area contributed by atoms with Crippen molar-refractivity contribution < 1.29 is 22.4 Å². The first-order valence-corrected chi connectivity index (χ1v) is 16.0. The first kappa shape index (κ1) is 27.0. The number of sulfone groups is 1. The summed E-state index contributed by atoms with van der Waals surface area (Å²) < 4.78 is 39.8. The summed E-state index contributed by atoms with van der Waals surface area (Å²) in [7, 11) is -3.11. The van der Waals surface area contributed by atoms with Crippen LogP contribution in [0.2, 0.25) is 10.0 Å². The van der Waals surface area contributed by atoms with Gasteiger partial charge in [-0.3, -0.25) is 14.9 Å². The Balaban J connectivity index is 1.52. The molecule has 208 valence electrons. The molecule has 0 radical (unpaired) electrons. The normalized spacial score (nSPS) is 29.4. The maximum Gasteiger partial charge on any atom is 0.238 e. The van der Waals surface area contributed by atoms with Gasteiger partial charge in [0.05, 0.1) is 22.6 Å². The van der Waals surface area contributed by atoms with Gasteiger partial charge in [-0.15, -0.1) is 0 Å². The highest BCUT2D eigenvalue weighted by Gasteiger charge is 2.72. The van der Waals surface area contributed by atoms with Crippen molar-refractivity contribution >= 4 is 50.5 Å². The van der Waals surface area contributed by atoms with Crippen LogP contribution in [0.25, 0.3) is 0 Å². The lowest BCUT2D eigenvalue weighted by Crippen LogP contribution is -2.60. The Morgan fingerprint density at radius 2 is 1.77 bits per heavy atom. The molecule has 2 aromatic rings. The fourth-order valence-electron chi connectivity index (χ4n) is 7.54. The summed E-state index contributed by atoms with van der Waals surface area (Å²) >= 11 is 12.6. The van der Waals surface area contributed by atoms with Crippen molar-refractivity contribution in [3.05, 3.63) is 63.4 Å². The van der Waals surface area contributed by atoms with Crippen LogP contribution in [0.3, 0.4) is 0 Å². The molecule has 3 N–H and O–H groups in total. The molecule has 3 aliphatic heterocycles. The minimum Gasteiger partial charge on any atom is -0.352 e. The van der Waals surface area contributed by atoms with Crippen molar-refractivity contribution in [3.63, 3.8) is 0 Å². The first-order chi connectivity index (χ1) is 18.6. The number of amides is 2. The summed E-state index contributed by atoms with van der Waals surface area (Å²) in [6.45, 7) is 0. The van der Waals surface area contributed by atoms with E-state index < -0.39 is 38.6 Å². The zero-order chi connectivity index (χ0) is 27.6. The third-order valence-corrected chi connectivity index (χ3v) is 11.4. The SMILES string of the molecule is O=C(NC1CCS(=O)(=O)CC1)C1NC2(CCCCC2)C2(C(=O)Nc3cc(Cl)ccc32)C1c1cccc(Cl)c1F. The van der Waals surface area contributed by atoms with Crippen molar-refractivity contribution in [2.24, 2.45) is 0 Å². The zero-order valence-corrected chi connectivity index (χ0v) is 23.6. The number of nitrogens with one attached hydrogen (secondary N) is 3. The van der Waals surface area contributed by atoms with Crippen LogP contribution in [-0.2, 0) is 24.8 Å². The molecular formula is C28H30Cl2FN3O4S. The Bertz CT molecular complexity index is 1450. The van der Waals surface area contributed by atoms with Crippen molar-refractivity contribution in [2.75, 3.05) is 16.8 Å². The van der Waals surface area contributed by atoms with Crippen molar-refractivity contribution in [3.8, 4) is 0 Å². The molecule has 39 heavy (non-hydrogen) atoms. The van der Waals surface area contributed by atoms with Crippen LogP contribution in [0, 0.1) is 5.82 Å². The van der Waals surface area contributed by atoms with E-state index in [4.69, 9.17) is 23.2 Å². The maximum absolute atomic E-state index is 15.9. The van der Waals surface area contributed by atoms with E-state index in [9.17, 15) is 18.0 Å². The number of carbonyl (C=O) groups excluding carboxylic acids is 2. The molecule has 3 unspecified atom stereocenters. The van der Waals surface area contributed by atoms with Crippen LogP contribution in [0.5, 0.6) is 0 Å². The molecule has 0 aromatic heterocycles. The third kappa shape index (κ3) is 4.19. The summed E-state index contributed by atoms with van der Waals surface area (Å²) in [4.78, 5) is 28.4. The highest BCUT2D eigenvalue weighted by Crippen LogP contribution is 2.62. The third-order valence-electron chi connectivity index (χ3n) is 9.21. The Kier molecular flexibility index (Phi) is 6.72. The van der Waals surface area contributed by atoms with Gasteiger partial charge >= 0.3 is 0 Å². The largest absolute Gasteiger partial charge is 0.352 e. The van der Waals surface area contributed by atoms with Gasteiger partial charge in [0.1, 0.15) is 21.1 Å². The van der Waals surface area contributed by atoms with Crippen molar-refractivity contribution in [1.82, 2.24) is 10.6 Å². The van der Waals surface area contributed by atoms with Gasteiger partial charge in [-0.25, -0.2) is 12.8 Å². The molecule has 2 amide bonds. The predicted molar refractivity (Wildman–Crippen MR) is 148 cm³/mol. The van der Waals surface area contributed by atoms with E-state index in [-0.39, 0.29) is 39.9 Å². The molecule has 11 heteroatoms. The monoisotopic (exact) mass is 593 g/mol. The van der Waals surface area contributed by atoms with Gasteiger partial charge in [0, 0.05) is 28.2 Å². The van der Waals surface area contributed by atoms with Crippen molar-refractivity contribution in [2.45, 2.75) is 73.9 Å². The van der Waals surface area contributed by atoms with Crippen LogP contribution in [-0.4, -0.2) is 49.4 Å². The lowest BCUT2D eigenvalue weighted by molar-refractivity contribution is -0.124. The van der Waals surface area contributed by atoms with E-state index in [0.29, 0.717) is 42.0 Å². The van der Waals surface area contributed by atoms with Crippen LogP contribution in [0.4, 0.5) is 10.1 Å². The molecule has 3 heterocycles. The summed E-state index contributed by atoms with van der Waals surface area (Å²) in [6.07, 6.45) is 4.59. The Morgan fingerprint density at radius 3 is 2.49 bits per heavy atom. The Labute approximate surface area is 237 Å². The van der Waals surface area contributed by atoms with Crippen molar-refractivity contribution in [1.29, 1.82) is 0 Å². The Hall–Kier alpha value is -2.20. The van der Waals surface area contributed by atoms with Gasteiger partial charge in [-0.05, 0) is 55.0 Å². The lowest BCUT2D eigenvalue weighted by Gasteiger charge is -2.47. The van der Waals surface area contributed by atoms with Gasteiger partial charge in [-0.2, -0.15) is 0 Å². The van der Waals surface area contributed by atoms with Crippen LogP contribution in [0.1, 0.15) is 62.0 Å². The summed E-state index contributed by atoms with van der Waals surface area (Å²) in [5, 5.41) is 10.0. The molecule has 1 saturated carbocycles. The van der Waals surface area contributed by atoms with E-state index in [1.54, 1.807) is 24.3 Å². The van der Waals surface area contributed by atoms with Crippen LogP contribution in [0.15, 0.2) is 36.4 Å². The molecule has 1 aliphatic carbocycles. The minimum atomic E-state index is -3.11. The second kappa shape index (κ2) is 9.72. The highest BCUT2D eigenvalue weighted by atomic mass is 35.5. The molecule has 3 fully saturated rings. The number of hydrogen-bond acceptors (Lipinski definition) is 5. The highest BCUT2D eigenvalue weighted by molar-refractivity contribution is 7.91. The quantitative estimate of drug-likeness (QED) is 0.487. The standard InChI is InChI=1S/C28H30Cl2FN3O4S/c29-16-7-8-19-21(15-16)33-26(36)28(19)22(18-5-4-6-20(30)23(18)31)24(34-27(28)11-2-1-3-12-27)25(35)32-17-9-13-39(37,38)14-10-17/h4-8,15,17,22,24,34H,1-3,9-14H2,(H,32,35)(H,33,36). The average molecular weight is 595 g/mol. The minimum absolute atomic E-state index is 0.00675. The van der Waals surface area contributed by atoms with E-state index in [1.807, 2.05) is 6.07 Å². The molecule has 0 bridgehead atoms. The number of hydrogen-bond donors (Lipinski definition) is 3. The second-order valence-corrected chi connectivity index (χ2v) is 14.4. The number of rotatable bonds is 3. The number of fused-ring (bicyclic) bond motifs is 3. The van der Waals surface area contributed by atoms with E-state index in [2.05, 4.69) is 16.0 Å². The zero-order valence-electron chi connectivity index (χ0n) is 21.2. The van der Waals surface area contributed by atoms with E-state index in [0.717, 1.165) is 19.3 Å². The van der Waals surface area contributed by atoms with Gasteiger partial charge in [0.25, 0.3) is 0 Å². The van der Waals surface area contributed by atoms with E-state index in [1.165, 1.54) is 6.07 Å². The number of anilines is 1. The van der Waals surface area contributed by atoms with Gasteiger partial charge in [0.2, 0.25) is 11.8 Å². The fraction of sp³-hybridized carbons (Fsp3) is 0.500. The fourth-order valence-corrected chi connectivity index (χ4v) is 9.39. The molecule has 7 nitrogen and oxygen atoms in total. The smallest absolute Gasteiger partial charge is 0.238 e. The summed E-state index contributed by atoms with van der Waals surface area (Å²) in [5.74, 6) is -2.23. The number of halogens is 3. The van der Waals surface area contributed by atoms with Crippen LogP contribution >= 0.6 is 23.2 Å². The molecule has 6 rings (SSSR count). The number of carbonyl (C=O) groups is 2. The number of benzene rings is 2. The predicted octanol–water partition coefficient (Wildman–Crippen LogP) is 4.47. The molecule has 3 atom stereocenters. The molecular weight excluding hydrogens is 564 g/mol. The molecule has 4 aliphatic rings. The van der Waals surface area contributed by atoms with Gasteiger partial charge in [0.15, 0.2) is 0 Å². The maximum atomic E-state index is 15.9. The molecule has 2 spiro atoms. The topological polar surface area (TPSA) is 104 Å². The van der Waals surface area contributed by atoms with Gasteiger partial charge < -0.3 is 10.6 Å². The van der Waals surface area contributed by atoms with Crippen LogP contribution < -0.4 is 16.0 Å². The Morgan fingerprint density at radius 1 is 1.05 bits per heavy atom. The lowest BCUT2D eigenvalue weighted by atomic mass is 9.55. The van der Waals surface area contributed by atoms with E-state index >= 15 is 4.39 Å². The molecule has 2 aromatic carbocycles. The summed E-state index contributed by atoms with van der Waals surface area (Å²) in [6, 6.07) is 8.64. The first-order valence-electron chi connectivity index (χ1n) is 13.4.